The Morgan fingerprint density at radius 2 is 2.42 bits per heavy atom. The van der Waals surface area contributed by atoms with Crippen molar-refractivity contribution in [1.82, 2.24) is 20.4 Å². The molecule has 1 aliphatic rings. The molecule has 6 heteroatoms. The van der Waals surface area contributed by atoms with E-state index >= 15 is 0 Å². The first-order valence-electron chi connectivity index (χ1n) is 8.70. The van der Waals surface area contributed by atoms with E-state index < -0.39 is 0 Å². The third kappa shape index (κ3) is 4.26. The molecular weight excluding hydrogens is 304 g/mol. The van der Waals surface area contributed by atoms with Gasteiger partial charge in [-0.25, -0.2) is 0 Å². The average molecular weight is 330 g/mol. The third-order valence-electron chi connectivity index (χ3n) is 4.54. The van der Waals surface area contributed by atoms with E-state index in [0.717, 1.165) is 38.2 Å². The van der Waals surface area contributed by atoms with Gasteiger partial charge in [0, 0.05) is 25.3 Å². The van der Waals surface area contributed by atoms with Crippen molar-refractivity contribution in [1.29, 1.82) is 0 Å². The van der Waals surface area contributed by atoms with Gasteiger partial charge in [0.2, 0.25) is 0 Å². The minimum atomic E-state index is -0.132. The fourth-order valence-corrected chi connectivity index (χ4v) is 3.19. The number of carbonyl (C=O) groups excluding carboxylic acids is 1. The van der Waals surface area contributed by atoms with Crippen LogP contribution in [-0.2, 0) is 6.54 Å². The van der Waals surface area contributed by atoms with Crippen LogP contribution < -0.4 is 5.32 Å². The van der Waals surface area contributed by atoms with Gasteiger partial charge in [0.25, 0.3) is 5.91 Å². The topological polar surface area (TPSA) is 74.2 Å². The van der Waals surface area contributed by atoms with Gasteiger partial charge in [-0.05, 0) is 49.4 Å². The van der Waals surface area contributed by atoms with Gasteiger partial charge < -0.3 is 9.73 Å². The molecule has 1 atom stereocenters. The highest BCUT2D eigenvalue weighted by atomic mass is 16.3. The molecule has 1 fully saturated rings. The zero-order valence-corrected chi connectivity index (χ0v) is 14.4. The molecular formula is C18H26N4O2. The summed E-state index contributed by atoms with van der Waals surface area (Å²) in [5.41, 5.74) is 2.28. The normalized spacial score (nSPS) is 18.9. The molecule has 0 aromatic carbocycles. The number of aromatic nitrogens is 2. The van der Waals surface area contributed by atoms with Crippen molar-refractivity contribution in [2.24, 2.45) is 5.92 Å². The van der Waals surface area contributed by atoms with Crippen LogP contribution in [0.25, 0.3) is 0 Å². The van der Waals surface area contributed by atoms with Crippen LogP contribution in [0.2, 0.25) is 0 Å². The summed E-state index contributed by atoms with van der Waals surface area (Å²) >= 11 is 0. The number of carbonyl (C=O) groups is 1. The van der Waals surface area contributed by atoms with Gasteiger partial charge in [0.15, 0.2) is 5.76 Å². The number of piperidine rings is 1. The Hall–Kier alpha value is -2.08. The maximum atomic E-state index is 12.0. The molecule has 0 aliphatic carbocycles. The van der Waals surface area contributed by atoms with Crippen LogP contribution >= 0.6 is 0 Å². The number of rotatable bonds is 6. The minimum Gasteiger partial charge on any atom is -0.459 e. The maximum absolute atomic E-state index is 12.0. The minimum absolute atomic E-state index is 0.132. The maximum Gasteiger partial charge on any atom is 0.286 e. The summed E-state index contributed by atoms with van der Waals surface area (Å²) in [6.45, 7) is 7.98. The molecule has 0 radical (unpaired) electrons. The molecule has 1 saturated heterocycles. The summed E-state index contributed by atoms with van der Waals surface area (Å²) in [4.78, 5) is 14.4. The molecule has 6 nitrogen and oxygen atoms in total. The lowest BCUT2D eigenvalue weighted by atomic mass is 9.97. The van der Waals surface area contributed by atoms with Gasteiger partial charge in [-0.2, -0.15) is 5.10 Å². The van der Waals surface area contributed by atoms with Crippen LogP contribution in [0.15, 0.2) is 28.9 Å². The number of furan rings is 1. The molecule has 3 heterocycles. The molecule has 1 amide bonds. The molecule has 2 aromatic heterocycles. The molecule has 2 aromatic rings. The van der Waals surface area contributed by atoms with E-state index in [0.29, 0.717) is 24.1 Å². The van der Waals surface area contributed by atoms with Crippen LogP contribution in [0.5, 0.6) is 0 Å². The average Bonchev–Trinajstić information content (AvgIpc) is 3.24. The van der Waals surface area contributed by atoms with Crippen LogP contribution in [-0.4, -0.2) is 40.6 Å². The van der Waals surface area contributed by atoms with Crippen molar-refractivity contribution < 1.29 is 9.21 Å². The summed E-state index contributed by atoms with van der Waals surface area (Å²) in [5, 5.41) is 10.5. The Kier molecular flexibility index (Phi) is 5.35. The van der Waals surface area contributed by atoms with E-state index in [1.165, 1.54) is 12.0 Å². The van der Waals surface area contributed by atoms with Crippen molar-refractivity contribution in [2.45, 2.75) is 39.2 Å². The van der Waals surface area contributed by atoms with E-state index in [-0.39, 0.29) is 5.91 Å². The van der Waals surface area contributed by atoms with Crippen molar-refractivity contribution >= 4 is 5.91 Å². The third-order valence-corrected chi connectivity index (χ3v) is 4.54. The van der Waals surface area contributed by atoms with Crippen LogP contribution in [0.3, 0.4) is 0 Å². The first-order valence-corrected chi connectivity index (χ1v) is 8.70. The quantitative estimate of drug-likeness (QED) is 0.854. The highest BCUT2D eigenvalue weighted by molar-refractivity contribution is 5.91. The second-order valence-corrected chi connectivity index (χ2v) is 6.90. The number of hydrogen-bond donors (Lipinski definition) is 2. The Morgan fingerprint density at radius 3 is 3.12 bits per heavy atom. The molecule has 130 valence electrons. The van der Waals surface area contributed by atoms with Crippen LogP contribution in [0.1, 0.15) is 54.5 Å². The molecule has 1 unspecified atom stereocenters. The number of hydrogen-bond acceptors (Lipinski definition) is 4. The predicted octanol–water partition coefficient (Wildman–Crippen LogP) is 2.77. The van der Waals surface area contributed by atoms with Gasteiger partial charge in [-0.15, -0.1) is 0 Å². The van der Waals surface area contributed by atoms with Gasteiger partial charge in [0.1, 0.15) is 0 Å². The number of nitrogens with zero attached hydrogens (tertiary/aromatic N) is 2. The van der Waals surface area contributed by atoms with Gasteiger partial charge in [-0.1, -0.05) is 13.8 Å². The van der Waals surface area contributed by atoms with Crippen molar-refractivity contribution in [3.05, 3.63) is 41.6 Å². The summed E-state index contributed by atoms with van der Waals surface area (Å²) in [5.74, 6) is 1.17. The lowest BCUT2D eigenvalue weighted by Gasteiger charge is -2.32. The molecule has 0 spiro atoms. The molecule has 1 aliphatic heterocycles. The second kappa shape index (κ2) is 7.66. The van der Waals surface area contributed by atoms with E-state index in [2.05, 4.69) is 40.3 Å². The number of aromatic amines is 1. The Balaban J connectivity index is 1.48. The Bertz CT molecular complexity index is 648. The van der Waals surface area contributed by atoms with Crippen molar-refractivity contribution in [3.8, 4) is 0 Å². The number of amides is 1. The van der Waals surface area contributed by atoms with E-state index in [4.69, 9.17) is 4.42 Å². The molecule has 0 bridgehead atoms. The van der Waals surface area contributed by atoms with Crippen LogP contribution in [0, 0.1) is 5.92 Å². The summed E-state index contributed by atoms with van der Waals surface area (Å²) < 4.78 is 5.12. The highest BCUT2D eigenvalue weighted by Crippen LogP contribution is 2.19. The predicted molar refractivity (Wildman–Crippen MR) is 91.7 cm³/mol. The monoisotopic (exact) mass is 330 g/mol. The highest BCUT2D eigenvalue weighted by Gasteiger charge is 2.21. The Morgan fingerprint density at radius 1 is 1.54 bits per heavy atom. The first kappa shape index (κ1) is 16.8. The zero-order valence-electron chi connectivity index (χ0n) is 14.4. The first-order chi connectivity index (χ1) is 11.6. The van der Waals surface area contributed by atoms with Gasteiger partial charge in [0.05, 0.1) is 12.0 Å². The molecule has 2 N–H and O–H groups in total. The summed E-state index contributed by atoms with van der Waals surface area (Å²) in [6.07, 6.45) is 3.83. The second-order valence-electron chi connectivity index (χ2n) is 6.90. The standard InChI is InChI=1S/C18H26N4O2/c1-13(2)16-9-15(20-21-16)12-22-7-3-5-14(11-22)10-19-18(23)17-6-4-8-24-17/h4,6,8-9,13-14H,3,5,7,10-12H2,1-2H3,(H,19,23)(H,20,21). The summed E-state index contributed by atoms with van der Waals surface area (Å²) in [7, 11) is 0. The van der Waals surface area contributed by atoms with Gasteiger partial charge in [-0.3, -0.25) is 14.8 Å². The largest absolute Gasteiger partial charge is 0.459 e. The fraction of sp³-hybridized carbons (Fsp3) is 0.556. The van der Waals surface area contributed by atoms with Crippen molar-refractivity contribution in [3.63, 3.8) is 0 Å². The molecule has 3 rings (SSSR count). The fourth-order valence-electron chi connectivity index (χ4n) is 3.19. The van der Waals surface area contributed by atoms with E-state index in [1.807, 2.05) is 0 Å². The van der Waals surface area contributed by atoms with E-state index in [9.17, 15) is 4.79 Å². The number of nitrogens with one attached hydrogen (secondary N) is 2. The van der Waals surface area contributed by atoms with E-state index in [1.54, 1.807) is 12.1 Å². The van der Waals surface area contributed by atoms with Crippen LogP contribution in [0.4, 0.5) is 0 Å². The molecule has 0 saturated carbocycles. The Labute approximate surface area is 142 Å². The lowest BCUT2D eigenvalue weighted by Crippen LogP contribution is -2.40. The smallest absolute Gasteiger partial charge is 0.286 e. The molecule has 24 heavy (non-hydrogen) atoms. The van der Waals surface area contributed by atoms with Gasteiger partial charge >= 0.3 is 0 Å². The zero-order chi connectivity index (χ0) is 16.9. The summed E-state index contributed by atoms with van der Waals surface area (Å²) in [6, 6.07) is 5.58. The lowest BCUT2D eigenvalue weighted by molar-refractivity contribution is 0.0903. The number of H-pyrrole nitrogens is 1. The van der Waals surface area contributed by atoms with Crippen molar-refractivity contribution in [2.75, 3.05) is 19.6 Å². The number of likely N-dealkylation sites (tertiary alicyclic amines) is 1. The SMILES string of the molecule is CC(C)c1cc(CN2CCCC(CNC(=O)c3ccco3)C2)[nH]n1.